The van der Waals surface area contributed by atoms with Crippen molar-refractivity contribution < 1.29 is 14.0 Å². The van der Waals surface area contributed by atoms with E-state index in [1.165, 1.54) is 11.0 Å². The van der Waals surface area contributed by atoms with Gasteiger partial charge in [-0.1, -0.05) is 36.4 Å². The van der Waals surface area contributed by atoms with Crippen LogP contribution in [0, 0.1) is 5.82 Å². The molecule has 1 aromatic heterocycles. The van der Waals surface area contributed by atoms with E-state index in [1.807, 2.05) is 17.5 Å². The van der Waals surface area contributed by atoms with E-state index in [0.29, 0.717) is 29.9 Å². The maximum Gasteiger partial charge on any atom is 0.316 e. The van der Waals surface area contributed by atoms with E-state index in [1.54, 1.807) is 60.8 Å². The molecule has 158 valence electrons. The summed E-state index contributed by atoms with van der Waals surface area (Å²) < 4.78 is 14.6. The minimum atomic E-state index is -1.19. The van der Waals surface area contributed by atoms with Crippen LogP contribution < -0.4 is 15.5 Å². The largest absolute Gasteiger partial charge is 0.338 e. The molecule has 1 atom stereocenters. The van der Waals surface area contributed by atoms with Gasteiger partial charge in [-0.3, -0.25) is 4.79 Å². The first-order valence-corrected chi connectivity index (χ1v) is 10.7. The number of benzene rings is 2. The number of aliphatic imine (C=N–C) groups is 1. The van der Waals surface area contributed by atoms with Crippen molar-refractivity contribution in [1.29, 1.82) is 0 Å². The van der Waals surface area contributed by atoms with Gasteiger partial charge in [-0.15, -0.1) is 11.3 Å². The topological polar surface area (TPSA) is 73.8 Å². The lowest BCUT2D eigenvalue weighted by atomic mass is 10.00. The third-order valence-electron chi connectivity index (χ3n) is 4.98. The molecule has 1 aliphatic heterocycles. The van der Waals surface area contributed by atoms with E-state index in [9.17, 15) is 14.0 Å². The number of amides is 3. The summed E-state index contributed by atoms with van der Waals surface area (Å²) in [6.45, 7) is 0.424. The number of nitrogens with one attached hydrogen (secondary N) is 2. The highest BCUT2D eigenvalue weighted by Crippen LogP contribution is 2.27. The zero-order valence-electron chi connectivity index (χ0n) is 16.8. The van der Waals surface area contributed by atoms with E-state index in [4.69, 9.17) is 0 Å². The predicted octanol–water partition coefficient (Wildman–Crippen LogP) is 3.57. The van der Waals surface area contributed by atoms with Crippen molar-refractivity contribution in [3.05, 3.63) is 87.9 Å². The SMILES string of the molecule is CN1C(=O)C(NC(=O)NCCc2cccs2)N=C(c2ccccc2F)c2ccccc21. The minimum Gasteiger partial charge on any atom is -0.338 e. The third kappa shape index (κ3) is 4.49. The highest BCUT2D eigenvalue weighted by molar-refractivity contribution is 7.09. The summed E-state index contributed by atoms with van der Waals surface area (Å²) in [6.07, 6.45) is -0.493. The Kier molecular flexibility index (Phi) is 6.08. The average molecular weight is 437 g/mol. The molecule has 4 rings (SSSR count). The first kappa shape index (κ1) is 20.7. The van der Waals surface area contributed by atoms with Gasteiger partial charge in [0.15, 0.2) is 0 Å². The van der Waals surface area contributed by atoms with Gasteiger partial charge in [-0.2, -0.15) is 0 Å². The van der Waals surface area contributed by atoms with Crippen molar-refractivity contribution >= 4 is 34.7 Å². The second kappa shape index (κ2) is 9.09. The fourth-order valence-corrected chi connectivity index (χ4v) is 4.12. The average Bonchev–Trinajstić information content (AvgIpc) is 3.27. The van der Waals surface area contributed by atoms with Crippen molar-refractivity contribution in [2.45, 2.75) is 12.6 Å². The quantitative estimate of drug-likeness (QED) is 0.642. The molecule has 0 radical (unpaired) electrons. The van der Waals surface area contributed by atoms with E-state index in [0.717, 1.165) is 4.88 Å². The molecule has 6 nitrogen and oxygen atoms in total. The van der Waals surface area contributed by atoms with Crippen molar-refractivity contribution in [1.82, 2.24) is 10.6 Å². The number of nitrogens with zero attached hydrogens (tertiary/aromatic N) is 2. The molecular formula is C23H21FN4O2S. The number of hydrogen-bond acceptors (Lipinski definition) is 4. The molecule has 3 amide bonds. The Hall–Kier alpha value is -3.52. The lowest BCUT2D eigenvalue weighted by Crippen LogP contribution is -2.49. The van der Waals surface area contributed by atoms with Gasteiger partial charge in [0.2, 0.25) is 6.17 Å². The number of anilines is 1. The van der Waals surface area contributed by atoms with Gasteiger partial charge in [0.1, 0.15) is 5.82 Å². The summed E-state index contributed by atoms with van der Waals surface area (Å²) in [5.74, 6) is -0.862. The number of carbonyl (C=O) groups excluding carboxylic acids is 2. The number of fused-ring (bicyclic) bond motifs is 1. The van der Waals surface area contributed by atoms with Gasteiger partial charge in [0, 0.05) is 29.6 Å². The maximum atomic E-state index is 14.6. The number of likely N-dealkylation sites (N-methyl/N-ethyl adjacent to an activating group) is 1. The zero-order valence-corrected chi connectivity index (χ0v) is 17.7. The number of para-hydroxylation sites is 1. The Morgan fingerprint density at radius 2 is 1.84 bits per heavy atom. The molecule has 0 saturated carbocycles. The third-order valence-corrected chi connectivity index (χ3v) is 5.91. The smallest absolute Gasteiger partial charge is 0.316 e. The van der Waals surface area contributed by atoms with Gasteiger partial charge >= 0.3 is 6.03 Å². The second-order valence-corrected chi connectivity index (χ2v) is 8.04. The number of benzodiazepines with no additional fused rings is 1. The normalized spacial score (nSPS) is 15.7. The lowest BCUT2D eigenvalue weighted by Gasteiger charge is -2.21. The highest BCUT2D eigenvalue weighted by atomic mass is 32.1. The molecule has 0 saturated heterocycles. The van der Waals surface area contributed by atoms with Crippen molar-refractivity contribution in [2.24, 2.45) is 4.99 Å². The number of urea groups is 1. The molecule has 0 bridgehead atoms. The molecule has 2 N–H and O–H groups in total. The summed E-state index contributed by atoms with van der Waals surface area (Å²) in [4.78, 5) is 32.6. The molecule has 0 spiro atoms. The van der Waals surface area contributed by atoms with Crippen LogP contribution in [-0.2, 0) is 11.2 Å². The first-order chi connectivity index (χ1) is 15.0. The van der Waals surface area contributed by atoms with Crippen LogP contribution in [0.2, 0.25) is 0 Å². The first-order valence-electron chi connectivity index (χ1n) is 9.81. The van der Waals surface area contributed by atoms with Crippen LogP contribution in [0.15, 0.2) is 71.0 Å². The Balaban J connectivity index is 1.61. The molecule has 0 aliphatic carbocycles. The predicted molar refractivity (Wildman–Crippen MR) is 120 cm³/mol. The fraction of sp³-hybridized carbons (Fsp3) is 0.174. The summed E-state index contributed by atoms with van der Waals surface area (Å²) in [5, 5.41) is 7.36. The maximum absolute atomic E-state index is 14.6. The van der Waals surface area contributed by atoms with E-state index in [-0.39, 0.29) is 5.56 Å². The molecule has 8 heteroatoms. The Morgan fingerprint density at radius 3 is 2.58 bits per heavy atom. The number of halogens is 1. The van der Waals surface area contributed by atoms with Gasteiger partial charge in [0.05, 0.1) is 11.4 Å². The molecule has 2 aromatic carbocycles. The van der Waals surface area contributed by atoms with E-state index < -0.39 is 23.9 Å². The number of rotatable bonds is 5. The molecule has 0 fully saturated rings. The molecule has 3 aromatic rings. The monoisotopic (exact) mass is 436 g/mol. The highest BCUT2D eigenvalue weighted by Gasteiger charge is 2.31. The minimum absolute atomic E-state index is 0.267. The number of carbonyl (C=O) groups is 2. The van der Waals surface area contributed by atoms with Crippen molar-refractivity contribution in [3.8, 4) is 0 Å². The summed E-state index contributed by atoms with van der Waals surface area (Å²) in [5.41, 5.74) is 1.79. The van der Waals surface area contributed by atoms with Crippen molar-refractivity contribution in [2.75, 3.05) is 18.5 Å². The fourth-order valence-electron chi connectivity index (χ4n) is 3.41. The van der Waals surface area contributed by atoms with Gasteiger partial charge in [-0.05, 0) is 36.1 Å². The molecule has 1 aliphatic rings. The standard InChI is InChI=1S/C23H21FN4O2S/c1-28-19-11-5-3-9-17(19)20(16-8-2-4-10-18(16)24)26-21(22(28)29)27-23(30)25-13-12-15-7-6-14-31-15/h2-11,14,21H,12-13H2,1H3,(H2,25,27,30). The van der Waals surface area contributed by atoms with Gasteiger partial charge in [-0.25, -0.2) is 14.2 Å². The van der Waals surface area contributed by atoms with Crippen molar-refractivity contribution in [3.63, 3.8) is 0 Å². The summed E-state index contributed by atoms with van der Waals surface area (Å²) in [6, 6.07) is 16.9. The van der Waals surface area contributed by atoms with Crippen LogP contribution in [0.5, 0.6) is 0 Å². The van der Waals surface area contributed by atoms with E-state index >= 15 is 0 Å². The molecule has 31 heavy (non-hydrogen) atoms. The lowest BCUT2D eigenvalue weighted by molar-refractivity contribution is -0.119. The van der Waals surface area contributed by atoms with E-state index in [2.05, 4.69) is 15.6 Å². The Labute approximate surface area is 183 Å². The van der Waals surface area contributed by atoms with Crippen LogP contribution in [-0.4, -0.2) is 37.4 Å². The van der Waals surface area contributed by atoms with Gasteiger partial charge < -0.3 is 15.5 Å². The van der Waals surface area contributed by atoms with Gasteiger partial charge in [0.25, 0.3) is 5.91 Å². The van der Waals surface area contributed by atoms with Crippen LogP contribution in [0.3, 0.4) is 0 Å². The Bertz CT molecular complexity index is 1130. The Morgan fingerprint density at radius 1 is 1.10 bits per heavy atom. The zero-order chi connectivity index (χ0) is 21.8. The van der Waals surface area contributed by atoms with Crippen LogP contribution in [0.4, 0.5) is 14.9 Å². The molecule has 1 unspecified atom stereocenters. The molecule has 2 heterocycles. The molecular weight excluding hydrogens is 415 g/mol. The van der Waals surface area contributed by atoms with Crippen LogP contribution in [0.1, 0.15) is 16.0 Å². The summed E-state index contributed by atoms with van der Waals surface area (Å²) in [7, 11) is 1.62. The number of hydrogen-bond donors (Lipinski definition) is 2. The van der Waals surface area contributed by atoms with Crippen LogP contribution >= 0.6 is 11.3 Å². The van der Waals surface area contributed by atoms with Crippen LogP contribution in [0.25, 0.3) is 0 Å². The number of thiophene rings is 1. The second-order valence-electron chi connectivity index (χ2n) is 7.00. The summed E-state index contributed by atoms with van der Waals surface area (Å²) >= 11 is 1.62.